The van der Waals surface area contributed by atoms with Crippen molar-refractivity contribution in [3.63, 3.8) is 0 Å². The molecule has 0 radical (unpaired) electrons. The maximum absolute atomic E-state index is 12.2. The van der Waals surface area contributed by atoms with E-state index in [1.54, 1.807) is 25.3 Å². The lowest BCUT2D eigenvalue weighted by atomic mass is 10.00. The number of nitrogens with two attached hydrogens (primary N) is 1. The summed E-state index contributed by atoms with van der Waals surface area (Å²) in [6, 6.07) is 5.47. The van der Waals surface area contributed by atoms with E-state index in [0.717, 1.165) is 19.3 Å². The fraction of sp³-hybridized carbons (Fsp3) is 0.467. The van der Waals surface area contributed by atoms with Crippen LogP contribution in [-0.2, 0) is 4.79 Å². The van der Waals surface area contributed by atoms with E-state index in [1.165, 1.54) is 11.0 Å². The van der Waals surface area contributed by atoms with Gasteiger partial charge in [0.1, 0.15) is 17.8 Å². The van der Waals surface area contributed by atoms with Crippen molar-refractivity contribution >= 4 is 11.6 Å². The lowest BCUT2D eigenvalue weighted by Crippen LogP contribution is -2.28. The number of carbonyl (C=O) groups is 1. The Balaban J connectivity index is 1.73. The first kappa shape index (κ1) is 15.4. The molecule has 0 aliphatic heterocycles. The molecule has 1 fully saturated rings. The molecule has 8 heteroatoms. The Hall–Kier alpha value is -2.48. The topological polar surface area (TPSA) is 108 Å². The summed E-state index contributed by atoms with van der Waals surface area (Å²) in [6.45, 7) is 0. The molecule has 23 heavy (non-hydrogen) atoms. The molecule has 1 aliphatic carbocycles. The van der Waals surface area contributed by atoms with Crippen LogP contribution in [0.25, 0.3) is 5.69 Å². The van der Waals surface area contributed by atoms with Gasteiger partial charge in [-0.05, 0) is 47.4 Å². The van der Waals surface area contributed by atoms with E-state index in [2.05, 4.69) is 20.8 Å². The van der Waals surface area contributed by atoms with Crippen LogP contribution in [0.3, 0.4) is 0 Å². The Labute approximate surface area is 134 Å². The van der Waals surface area contributed by atoms with Gasteiger partial charge in [0.25, 0.3) is 0 Å². The summed E-state index contributed by atoms with van der Waals surface area (Å²) < 4.78 is 6.79. The zero-order chi connectivity index (χ0) is 16.2. The highest BCUT2D eigenvalue weighted by Gasteiger charge is 2.26. The Kier molecular flexibility index (Phi) is 4.52. The highest BCUT2D eigenvalue weighted by molar-refractivity contribution is 5.91. The minimum Gasteiger partial charge on any atom is -0.494 e. The average molecular weight is 316 g/mol. The van der Waals surface area contributed by atoms with Gasteiger partial charge in [0.05, 0.1) is 7.11 Å². The number of ether oxygens (including phenoxy) is 1. The van der Waals surface area contributed by atoms with Gasteiger partial charge in [0, 0.05) is 18.2 Å². The summed E-state index contributed by atoms with van der Waals surface area (Å²) in [5, 5.41) is 14.0. The van der Waals surface area contributed by atoms with Crippen LogP contribution in [-0.4, -0.2) is 39.3 Å². The van der Waals surface area contributed by atoms with E-state index >= 15 is 0 Å². The van der Waals surface area contributed by atoms with Gasteiger partial charge < -0.3 is 15.8 Å². The van der Waals surface area contributed by atoms with E-state index in [1.807, 2.05) is 0 Å². The predicted molar refractivity (Wildman–Crippen MR) is 84.3 cm³/mol. The molecule has 0 saturated heterocycles. The van der Waals surface area contributed by atoms with Gasteiger partial charge >= 0.3 is 0 Å². The number of nitrogens with one attached hydrogen (secondary N) is 1. The van der Waals surface area contributed by atoms with E-state index < -0.39 is 0 Å². The number of benzene rings is 1. The monoisotopic (exact) mass is 316 g/mol. The number of rotatable bonds is 5. The number of methoxy groups -OCH3 is 1. The quantitative estimate of drug-likeness (QED) is 0.856. The molecule has 1 aromatic carbocycles. The molecular weight excluding hydrogens is 296 g/mol. The number of anilines is 1. The first-order valence-electron chi connectivity index (χ1n) is 7.64. The van der Waals surface area contributed by atoms with Crippen LogP contribution in [0.15, 0.2) is 24.5 Å². The molecule has 0 unspecified atom stereocenters. The third-order valence-corrected chi connectivity index (χ3v) is 4.22. The molecule has 1 aromatic heterocycles. The van der Waals surface area contributed by atoms with Crippen molar-refractivity contribution in [2.45, 2.75) is 31.7 Å². The van der Waals surface area contributed by atoms with Crippen LogP contribution in [0.5, 0.6) is 5.75 Å². The third kappa shape index (κ3) is 3.48. The Morgan fingerprint density at radius 1 is 1.48 bits per heavy atom. The standard InChI is InChI=1S/C15H20N6O2/c1-23-14-6-5-11(8-13(14)21-9-17-19-20-21)18-15(22)7-10-3-2-4-12(10)16/h5-6,8-10,12H,2-4,7,16H2,1H3,(H,18,22)/t10-,12+/m0/s1. The Morgan fingerprint density at radius 3 is 3.00 bits per heavy atom. The number of tetrazole rings is 1. The molecule has 1 saturated carbocycles. The average Bonchev–Trinajstić information content (AvgIpc) is 3.20. The molecule has 3 N–H and O–H groups in total. The molecule has 3 rings (SSSR count). The van der Waals surface area contributed by atoms with Gasteiger partial charge in [-0.1, -0.05) is 6.42 Å². The highest BCUT2D eigenvalue weighted by atomic mass is 16.5. The fourth-order valence-corrected chi connectivity index (χ4v) is 2.99. The molecule has 1 heterocycles. The summed E-state index contributed by atoms with van der Waals surface area (Å²) in [4.78, 5) is 12.2. The maximum Gasteiger partial charge on any atom is 0.224 e. The molecule has 2 atom stereocenters. The van der Waals surface area contributed by atoms with Crippen LogP contribution in [0.4, 0.5) is 5.69 Å². The van der Waals surface area contributed by atoms with Gasteiger partial charge in [-0.2, -0.15) is 4.68 Å². The number of hydrogen-bond acceptors (Lipinski definition) is 6. The van der Waals surface area contributed by atoms with Gasteiger partial charge in [0.2, 0.25) is 5.91 Å². The number of amides is 1. The zero-order valence-electron chi connectivity index (χ0n) is 13.0. The van der Waals surface area contributed by atoms with E-state index in [0.29, 0.717) is 23.5 Å². The van der Waals surface area contributed by atoms with E-state index in [-0.39, 0.29) is 17.9 Å². The zero-order valence-corrected chi connectivity index (χ0v) is 13.0. The number of nitrogens with zero attached hydrogens (tertiary/aromatic N) is 4. The summed E-state index contributed by atoms with van der Waals surface area (Å²) in [7, 11) is 1.57. The van der Waals surface area contributed by atoms with Crippen LogP contribution in [0.2, 0.25) is 0 Å². The lowest BCUT2D eigenvalue weighted by Gasteiger charge is -2.15. The van der Waals surface area contributed by atoms with Crippen molar-refractivity contribution in [1.82, 2.24) is 20.2 Å². The molecule has 2 aromatic rings. The molecule has 0 bridgehead atoms. The van der Waals surface area contributed by atoms with Crippen molar-refractivity contribution in [3.05, 3.63) is 24.5 Å². The van der Waals surface area contributed by atoms with Gasteiger partial charge in [-0.15, -0.1) is 5.10 Å². The Bertz CT molecular complexity index is 673. The fourth-order valence-electron chi connectivity index (χ4n) is 2.99. The van der Waals surface area contributed by atoms with Crippen LogP contribution in [0.1, 0.15) is 25.7 Å². The highest BCUT2D eigenvalue weighted by Crippen LogP contribution is 2.28. The second-order valence-corrected chi connectivity index (χ2v) is 5.75. The normalized spacial score (nSPS) is 20.4. The molecule has 122 valence electrons. The van der Waals surface area contributed by atoms with Gasteiger partial charge in [-0.25, -0.2) is 0 Å². The first-order chi connectivity index (χ1) is 11.2. The van der Waals surface area contributed by atoms with Gasteiger partial charge in [-0.3, -0.25) is 4.79 Å². The summed E-state index contributed by atoms with van der Waals surface area (Å²) in [5.74, 6) is 0.862. The second-order valence-electron chi connectivity index (χ2n) is 5.75. The first-order valence-corrected chi connectivity index (χ1v) is 7.64. The van der Waals surface area contributed by atoms with Crippen LogP contribution in [0, 0.1) is 5.92 Å². The van der Waals surface area contributed by atoms with Gasteiger partial charge in [0.15, 0.2) is 0 Å². The molecule has 8 nitrogen and oxygen atoms in total. The summed E-state index contributed by atoms with van der Waals surface area (Å²) in [6.07, 6.45) is 5.05. The molecule has 1 aliphatic rings. The SMILES string of the molecule is COc1ccc(NC(=O)C[C@@H]2CCC[C@H]2N)cc1-n1cnnn1. The van der Waals surface area contributed by atoms with Crippen molar-refractivity contribution in [2.75, 3.05) is 12.4 Å². The lowest BCUT2D eigenvalue weighted by molar-refractivity contribution is -0.117. The second kappa shape index (κ2) is 6.74. The van der Waals surface area contributed by atoms with Crippen LogP contribution < -0.4 is 15.8 Å². The number of hydrogen-bond donors (Lipinski definition) is 2. The molecular formula is C15H20N6O2. The summed E-state index contributed by atoms with van der Waals surface area (Å²) in [5.41, 5.74) is 7.36. The predicted octanol–water partition coefficient (Wildman–Crippen LogP) is 1.13. The largest absolute Gasteiger partial charge is 0.494 e. The van der Waals surface area contributed by atoms with E-state index in [9.17, 15) is 4.79 Å². The van der Waals surface area contributed by atoms with Crippen molar-refractivity contribution < 1.29 is 9.53 Å². The minimum atomic E-state index is -0.0276. The van der Waals surface area contributed by atoms with Crippen molar-refractivity contribution in [3.8, 4) is 11.4 Å². The maximum atomic E-state index is 12.2. The number of carbonyl (C=O) groups excluding carboxylic acids is 1. The van der Waals surface area contributed by atoms with E-state index in [4.69, 9.17) is 10.5 Å². The van der Waals surface area contributed by atoms with Crippen LogP contribution >= 0.6 is 0 Å². The minimum absolute atomic E-state index is 0.0276. The Morgan fingerprint density at radius 2 is 2.35 bits per heavy atom. The smallest absolute Gasteiger partial charge is 0.224 e. The molecule has 0 spiro atoms. The third-order valence-electron chi connectivity index (χ3n) is 4.22. The summed E-state index contributed by atoms with van der Waals surface area (Å²) >= 11 is 0. The van der Waals surface area contributed by atoms with Crippen molar-refractivity contribution in [2.24, 2.45) is 11.7 Å². The molecule has 1 amide bonds. The number of aromatic nitrogens is 4. The van der Waals surface area contributed by atoms with Crippen molar-refractivity contribution in [1.29, 1.82) is 0 Å².